The lowest BCUT2D eigenvalue weighted by molar-refractivity contribution is 0.118. The Morgan fingerprint density at radius 1 is 1.38 bits per heavy atom. The monoisotopic (exact) mass is 221 g/mol. The fraction of sp³-hybridized carbons (Fsp3) is 0.538. The van der Waals surface area contributed by atoms with Gasteiger partial charge in [-0.1, -0.05) is 19.1 Å². The van der Waals surface area contributed by atoms with Gasteiger partial charge in [0, 0.05) is 12.5 Å². The van der Waals surface area contributed by atoms with Gasteiger partial charge in [-0.05, 0) is 36.6 Å². The van der Waals surface area contributed by atoms with E-state index in [1.807, 2.05) is 12.1 Å². The number of benzene rings is 1. The predicted molar refractivity (Wildman–Crippen MR) is 63.6 cm³/mol. The normalized spacial score (nSPS) is 24.1. The molecule has 0 heterocycles. The topological polar surface area (TPSA) is 52.5 Å². The Hall–Kier alpha value is -1.06. The maximum absolute atomic E-state index is 9.99. The van der Waals surface area contributed by atoms with E-state index in [9.17, 15) is 10.2 Å². The quantitative estimate of drug-likeness (QED) is 0.719. The predicted octanol–water partition coefficient (Wildman–Crippen LogP) is 1.22. The van der Waals surface area contributed by atoms with Gasteiger partial charge in [0.15, 0.2) is 0 Å². The van der Waals surface area contributed by atoms with Gasteiger partial charge in [0.25, 0.3) is 0 Å². The van der Waals surface area contributed by atoms with Gasteiger partial charge in [-0.3, -0.25) is 0 Å². The zero-order valence-corrected chi connectivity index (χ0v) is 9.61. The summed E-state index contributed by atoms with van der Waals surface area (Å²) in [6.45, 7) is 3.04. The average molecular weight is 221 g/mol. The number of hydrogen-bond donors (Lipinski definition) is 3. The second kappa shape index (κ2) is 4.85. The first-order valence-electron chi connectivity index (χ1n) is 5.93. The van der Waals surface area contributed by atoms with Gasteiger partial charge in [-0.15, -0.1) is 0 Å². The number of phenols is 1. The number of phenolic OH excluding ortho intramolecular Hbond substituents is 1. The number of fused-ring (bicyclic) bond motifs is 1. The smallest absolute Gasteiger partial charge is 0.119 e. The van der Waals surface area contributed by atoms with Gasteiger partial charge in [0.1, 0.15) is 5.75 Å². The molecule has 1 aromatic carbocycles. The van der Waals surface area contributed by atoms with Crippen LogP contribution in [0.2, 0.25) is 0 Å². The Bertz CT molecular complexity index is 365. The first-order chi connectivity index (χ1) is 7.72. The van der Waals surface area contributed by atoms with Crippen LogP contribution in [0.25, 0.3) is 0 Å². The molecule has 2 atom stereocenters. The van der Waals surface area contributed by atoms with Gasteiger partial charge in [0.2, 0.25) is 0 Å². The molecule has 3 heteroatoms. The van der Waals surface area contributed by atoms with E-state index in [1.165, 1.54) is 0 Å². The van der Waals surface area contributed by atoms with Gasteiger partial charge >= 0.3 is 0 Å². The minimum atomic E-state index is -0.396. The van der Waals surface area contributed by atoms with Crippen molar-refractivity contribution in [2.75, 3.05) is 6.54 Å². The van der Waals surface area contributed by atoms with Crippen LogP contribution in [0.15, 0.2) is 18.2 Å². The van der Waals surface area contributed by atoms with Gasteiger partial charge in [0.05, 0.1) is 6.10 Å². The van der Waals surface area contributed by atoms with Crippen LogP contribution in [0.4, 0.5) is 0 Å². The molecule has 0 unspecified atom stereocenters. The van der Waals surface area contributed by atoms with Crippen molar-refractivity contribution in [3.63, 3.8) is 0 Å². The van der Waals surface area contributed by atoms with Gasteiger partial charge < -0.3 is 15.5 Å². The van der Waals surface area contributed by atoms with Crippen molar-refractivity contribution in [2.45, 2.75) is 38.3 Å². The lowest BCUT2D eigenvalue weighted by atomic mass is 9.85. The van der Waals surface area contributed by atoms with E-state index in [1.54, 1.807) is 6.07 Å². The Kier molecular flexibility index (Phi) is 3.46. The van der Waals surface area contributed by atoms with Crippen molar-refractivity contribution in [1.29, 1.82) is 0 Å². The number of aliphatic hydroxyl groups is 1. The van der Waals surface area contributed by atoms with E-state index in [0.29, 0.717) is 12.2 Å². The maximum atomic E-state index is 9.99. The molecule has 0 saturated carbocycles. The van der Waals surface area contributed by atoms with E-state index in [4.69, 9.17) is 0 Å². The largest absolute Gasteiger partial charge is 0.508 e. The Morgan fingerprint density at radius 2 is 2.19 bits per heavy atom. The second-order valence-electron chi connectivity index (χ2n) is 4.45. The van der Waals surface area contributed by atoms with Crippen molar-refractivity contribution < 1.29 is 10.2 Å². The summed E-state index contributed by atoms with van der Waals surface area (Å²) in [5.41, 5.74) is 2.06. The van der Waals surface area contributed by atoms with E-state index >= 15 is 0 Å². The number of aliphatic hydroxyl groups excluding tert-OH is 1. The first-order valence-corrected chi connectivity index (χ1v) is 5.93. The molecule has 1 aromatic rings. The summed E-state index contributed by atoms with van der Waals surface area (Å²) in [5, 5.41) is 23.0. The molecular weight excluding hydrogens is 202 g/mol. The fourth-order valence-corrected chi connectivity index (χ4v) is 2.31. The summed E-state index contributed by atoms with van der Waals surface area (Å²) >= 11 is 0. The molecule has 0 aromatic heterocycles. The molecule has 0 saturated heterocycles. The van der Waals surface area contributed by atoms with Crippen LogP contribution in [-0.2, 0) is 12.8 Å². The third kappa shape index (κ3) is 2.20. The molecular formula is C13H19NO2. The van der Waals surface area contributed by atoms with Crippen LogP contribution in [-0.4, -0.2) is 28.9 Å². The Balaban J connectivity index is 2.15. The highest BCUT2D eigenvalue weighted by molar-refractivity contribution is 5.42. The Labute approximate surface area is 96.1 Å². The maximum Gasteiger partial charge on any atom is 0.119 e. The standard InChI is InChI=1S/C13H19NO2/c1-2-6-14-11-7-9-4-3-5-12(15)10(9)8-13(11)16/h3-5,11,13-16H,2,6-8H2,1H3/t11-,13-/m0/s1. The molecule has 1 aliphatic carbocycles. The van der Waals surface area contributed by atoms with Crippen LogP contribution in [0, 0.1) is 0 Å². The summed E-state index contributed by atoms with van der Waals surface area (Å²) in [7, 11) is 0. The molecule has 1 aliphatic rings. The zero-order chi connectivity index (χ0) is 11.5. The molecule has 0 amide bonds. The lowest BCUT2D eigenvalue weighted by Gasteiger charge is -2.30. The molecule has 0 aliphatic heterocycles. The number of rotatable bonds is 3. The summed E-state index contributed by atoms with van der Waals surface area (Å²) in [6, 6.07) is 5.70. The van der Waals surface area contributed by atoms with Crippen molar-refractivity contribution >= 4 is 0 Å². The highest BCUT2D eigenvalue weighted by Crippen LogP contribution is 2.28. The Morgan fingerprint density at radius 3 is 2.94 bits per heavy atom. The third-order valence-electron chi connectivity index (χ3n) is 3.22. The van der Waals surface area contributed by atoms with Gasteiger partial charge in [-0.2, -0.15) is 0 Å². The van der Waals surface area contributed by atoms with Crippen LogP contribution in [0.1, 0.15) is 24.5 Å². The average Bonchev–Trinajstić information content (AvgIpc) is 2.28. The number of aromatic hydroxyl groups is 1. The summed E-state index contributed by atoms with van der Waals surface area (Å²) in [6.07, 6.45) is 2.01. The molecule has 0 bridgehead atoms. The van der Waals surface area contributed by atoms with Crippen molar-refractivity contribution in [3.05, 3.63) is 29.3 Å². The highest BCUT2D eigenvalue weighted by Gasteiger charge is 2.27. The molecule has 88 valence electrons. The molecule has 2 rings (SSSR count). The van der Waals surface area contributed by atoms with E-state index in [-0.39, 0.29) is 6.04 Å². The molecule has 3 nitrogen and oxygen atoms in total. The van der Waals surface area contributed by atoms with E-state index in [2.05, 4.69) is 12.2 Å². The van der Waals surface area contributed by atoms with Crippen LogP contribution in [0.3, 0.4) is 0 Å². The summed E-state index contributed by atoms with van der Waals surface area (Å²) in [4.78, 5) is 0. The fourth-order valence-electron chi connectivity index (χ4n) is 2.31. The summed E-state index contributed by atoms with van der Waals surface area (Å²) < 4.78 is 0. The van der Waals surface area contributed by atoms with Crippen molar-refractivity contribution in [2.24, 2.45) is 0 Å². The molecule has 0 fully saturated rings. The highest BCUT2D eigenvalue weighted by atomic mass is 16.3. The van der Waals surface area contributed by atoms with Crippen molar-refractivity contribution in [3.8, 4) is 5.75 Å². The number of hydrogen-bond acceptors (Lipinski definition) is 3. The van der Waals surface area contributed by atoms with Crippen LogP contribution >= 0.6 is 0 Å². The lowest BCUT2D eigenvalue weighted by Crippen LogP contribution is -2.45. The minimum absolute atomic E-state index is 0.120. The molecule has 0 spiro atoms. The second-order valence-corrected chi connectivity index (χ2v) is 4.45. The SMILES string of the molecule is CCCN[C@H]1Cc2cccc(O)c2C[C@@H]1O. The van der Waals surface area contributed by atoms with E-state index < -0.39 is 6.10 Å². The summed E-state index contributed by atoms with van der Waals surface area (Å²) in [5.74, 6) is 0.311. The molecule has 16 heavy (non-hydrogen) atoms. The van der Waals surface area contributed by atoms with E-state index in [0.717, 1.165) is 30.5 Å². The minimum Gasteiger partial charge on any atom is -0.508 e. The molecule has 0 radical (unpaired) electrons. The third-order valence-corrected chi connectivity index (χ3v) is 3.22. The zero-order valence-electron chi connectivity index (χ0n) is 9.61. The van der Waals surface area contributed by atoms with Crippen LogP contribution < -0.4 is 5.32 Å². The van der Waals surface area contributed by atoms with Crippen LogP contribution in [0.5, 0.6) is 5.75 Å². The first kappa shape index (κ1) is 11.4. The van der Waals surface area contributed by atoms with Crippen molar-refractivity contribution in [1.82, 2.24) is 5.32 Å². The molecule has 3 N–H and O–H groups in total. The number of nitrogens with one attached hydrogen (secondary N) is 1. The van der Waals surface area contributed by atoms with Gasteiger partial charge in [-0.25, -0.2) is 0 Å².